The van der Waals surface area contributed by atoms with Gasteiger partial charge in [0.2, 0.25) is 11.8 Å². The monoisotopic (exact) mass is 309 g/mol. The zero-order valence-electron chi connectivity index (χ0n) is 12.2. The van der Waals surface area contributed by atoms with Gasteiger partial charge in [0, 0.05) is 12.2 Å². The summed E-state index contributed by atoms with van der Waals surface area (Å²) in [6.45, 7) is 3.45. The minimum absolute atomic E-state index is 0.124. The fourth-order valence-corrected chi connectivity index (χ4v) is 3.10. The molecule has 0 aliphatic carbocycles. The van der Waals surface area contributed by atoms with Gasteiger partial charge in [0.1, 0.15) is 5.75 Å². The Balaban J connectivity index is 2.06. The zero-order chi connectivity index (χ0) is 15.2. The smallest absolute Gasteiger partial charge is 0.247 e. The van der Waals surface area contributed by atoms with Gasteiger partial charge < -0.3 is 10.5 Å². The summed E-state index contributed by atoms with van der Waals surface area (Å²) in [4.78, 5) is 25.7. The first kappa shape index (κ1) is 15.9. The Kier molecular flexibility index (Phi) is 5.64. The molecule has 3 N–H and O–H groups in total. The number of hydrogen-bond acceptors (Lipinski definition) is 4. The molecule has 114 valence electrons. The summed E-state index contributed by atoms with van der Waals surface area (Å²) in [7, 11) is 0. The number of thioether (sulfide) groups is 1. The lowest BCUT2D eigenvalue weighted by Gasteiger charge is -2.15. The number of carbonyl (C=O) groups is 2. The van der Waals surface area contributed by atoms with Crippen molar-refractivity contribution in [3.63, 3.8) is 0 Å². The highest BCUT2D eigenvalue weighted by atomic mass is 32.2. The molecule has 1 aromatic rings. The Bertz CT molecular complexity index is 504. The second-order valence-electron chi connectivity index (χ2n) is 4.83. The van der Waals surface area contributed by atoms with Crippen LogP contribution in [0.5, 0.6) is 5.75 Å². The molecular weight excluding hydrogens is 288 g/mol. The van der Waals surface area contributed by atoms with Crippen LogP contribution in [0.2, 0.25) is 0 Å². The average molecular weight is 309 g/mol. The van der Waals surface area contributed by atoms with Gasteiger partial charge in [-0.3, -0.25) is 9.59 Å². The first-order valence-electron chi connectivity index (χ1n) is 7.18. The van der Waals surface area contributed by atoms with E-state index < -0.39 is 0 Å². The molecule has 1 aliphatic heterocycles. The Hall–Kier alpha value is -1.53. The molecule has 0 radical (unpaired) electrons. The Morgan fingerprint density at radius 2 is 2.05 bits per heavy atom. The third-order valence-electron chi connectivity index (χ3n) is 3.14. The Morgan fingerprint density at radius 3 is 2.67 bits per heavy atom. The van der Waals surface area contributed by atoms with E-state index in [1.54, 1.807) is 24.3 Å². The highest BCUT2D eigenvalue weighted by molar-refractivity contribution is 8.00. The summed E-state index contributed by atoms with van der Waals surface area (Å²) in [5.41, 5.74) is 4.37. The molecule has 2 amide bonds. The predicted octanol–water partition coefficient (Wildman–Crippen LogP) is 1.08. The van der Waals surface area contributed by atoms with Crippen LogP contribution in [0.25, 0.3) is 0 Å². The highest BCUT2D eigenvalue weighted by Crippen LogP contribution is 2.30. The summed E-state index contributed by atoms with van der Waals surface area (Å²) < 4.78 is 5.50. The van der Waals surface area contributed by atoms with Crippen molar-refractivity contribution in [3.8, 4) is 5.75 Å². The molecule has 0 unspecified atom stereocenters. The topological polar surface area (TPSA) is 74.2 Å². The summed E-state index contributed by atoms with van der Waals surface area (Å²) >= 11 is 1.51. The summed E-state index contributed by atoms with van der Waals surface area (Å²) in [5, 5.41) is -0.268. The molecule has 0 saturated carbocycles. The first-order valence-corrected chi connectivity index (χ1v) is 8.22. The van der Waals surface area contributed by atoms with Crippen LogP contribution in [0.4, 0.5) is 5.69 Å². The van der Waals surface area contributed by atoms with E-state index in [9.17, 15) is 9.59 Å². The van der Waals surface area contributed by atoms with Crippen LogP contribution in [0.3, 0.4) is 0 Å². The van der Waals surface area contributed by atoms with Gasteiger partial charge in [-0.1, -0.05) is 6.92 Å². The lowest BCUT2D eigenvalue weighted by Crippen LogP contribution is -2.51. The number of ether oxygens (including phenoxy) is 1. The second-order valence-corrected chi connectivity index (χ2v) is 6.14. The number of benzene rings is 1. The first-order chi connectivity index (χ1) is 10.2. The van der Waals surface area contributed by atoms with Crippen LogP contribution in [-0.2, 0) is 9.59 Å². The van der Waals surface area contributed by atoms with Gasteiger partial charge in [0.15, 0.2) is 0 Å². The third kappa shape index (κ3) is 3.77. The summed E-state index contributed by atoms with van der Waals surface area (Å²) in [6.07, 6.45) is 1.22. The molecule has 1 aromatic carbocycles. The van der Waals surface area contributed by atoms with Crippen LogP contribution >= 0.6 is 11.8 Å². The molecule has 1 fully saturated rings. The Morgan fingerprint density at radius 1 is 1.33 bits per heavy atom. The SMILES string of the molecule is CCCOc1ccc(N2C(=O)C[C@H](SCC[NH3+])C2=O)cc1. The van der Waals surface area contributed by atoms with Crippen LogP contribution in [-0.4, -0.2) is 36.0 Å². The van der Waals surface area contributed by atoms with Gasteiger partial charge in [0.05, 0.1) is 24.1 Å². The van der Waals surface area contributed by atoms with Crippen LogP contribution in [0, 0.1) is 0 Å². The number of anilines is 1. The van der Waals surface area contributed by atoms with Gasteiger partial charge in [-0.2, -0.15) is 0 Å². The van der Waals surface area contributed by atoms with Crippen molar-refractivity contribution in [2.75, 3.05) is 23.8 Å². The van der Waals surface area contributed by atoms with Crippen LogP contribution in [0.1, 0.15) is 19.8 Å². The van der Waals surface area contributed by atoms with Crippen molar-refractivity contribution in [1.29, 1.82) is 0 Å². The highest BCUT2D eigenvalue weighted by Gasteiger charge is 2.39. The number of rotatable bonds is 7. The molecule has 1 saturated heterocycles. The summed E-state index contributed by atoms with van der Waals surface area (Å²) in [5.74, 6) is 1.29. The number of carbonyl (C=O) groups excluding carboxylic acids is 2. The van der Waals surface area contributed by atoms with Crippen molar-refractivity contribution >= 4 is 29.3 Å². The van der Waals surface area contributed by atoms with E-state index in [1.165, 1.54) is 16.7 Å². The molecule has 2 rings (SSSR count). The zero-order valence-corrected chi connectivity index (χ0v) is 13.0. The van der Waals surface area contributed by atoms with E-state index in [0.717, 1.165) is 24.5 Å². The van der Waals surface area contributed by atoms with Crippen molar-refractivity contribution in [2.24, 2.45) is 0 Å². The molecule has 6 heteroatoms. The number of imide groups is 1. The minimum atomic E-state index is -0.268. The van der Waals surface area contributed by atoms with Gasteiger partial charge in [0.25, 0.3) is 0 Å². The van der Waals surface area contributed by atoms with E-state index in [4.69, 9.17) is 4.74 Å². The van der Waals surface area contributed by atoms with E-state index in [0.29, 0.717) is 12.3 Å². The largest absolute Gasteiger partial charge is 0.494 e. The van der Waals surface area contributed by atoms with E-state index >= 15 is 0 Å². The van der Waals surface area contributed by atoms with E-state index in [1.807, 2.05) is 6.92 Å². The molecular formula is C15H21N2O3S+. The number of quaternary nitrogens is 1. The number of nitrogens with zero attached hydrogens (tertiary/aromatic N) is 1. The van der Waals surface area contributed by atoms with Crippen molar-refractivity contribution in [1.82, 2.24) is 0 Å². The lowest BCUT2D eigenvalue weighted by molar-refractivity contribution is -0.360. The molecule has 1 heterocycles. The molecule has 0 aromatic heterocycles. The molecule has 1 atom stereocenters. The fraction of sp³-hybridized carbons (Fsp3) is 0.467. The maximum Gasteiger partial charge on any atom is 0.247 e. The van der Waals surface area contributed by atoms with E-state index in [2.05, 4.69) is 5.73 Å². The van der Waals surface area contributed by atoms with Crippen molar-refractivity contribution in [2.45, 2.75) is 25.0 Å². The molecule has 5 nitrogen and oxygen atoms in total. The Labute approximate surface area is 128 Å². The van der Waals surface area contributed by atoms with Gasteiger partial charge in [-0.05, 0) is 30.7 Å². The van der Waals surface area contributed by atoms with Gasteiger partial charge in [-0.25, -0.2) is 4.90 Å². The van der Waals surface area contributed by atoms with E-state index in [-0.39, 0.29) is 23.5 Å². The van der Waals surface area contributed by atoms with Crippen molar-refractivity contribution in [3.05, 3.63) is 24.3 Å². The van der Waals surface area contributed by atoms with Gasteiger partial charge >= 0.3 is 0 Å². The maximum absolute atomic E-state index is 12.3. The number of hydrogen-bond donors (Lipinski definition) is 1. The fourth-order valence-electron chi connectivity index (χ4n) is 2.14. The predicted molar refractivity (Wildman–Crippen MR) is 83.3 cm³/mol. The van der Waals surface area contributed by atoms with Crippen molar-refractivity contribution < 1.29 is 20.1 Å². The standard InChI is InChI=1S/C15H20N2O3S/c1-2-8-20-12-5-3-11(4-6-12)17-14(18)10-13(15(17)19)21-9-7-16/h3-6,13H,2,7-10,16H2,1H3/p+1/t13-/m0/s1. The molecule has 0 bridgehead atoms. The van der Waals surface area contributed by atoms with Crippen LogP contribution in [0.15, 0.2) is 24.3 Å². The summed E-state index contributed by atoms with van der Waals surface area (Å²) in [6, 6.07) is 7.11. The quantitative estimate of drug-likeness (QED) is 0.765. The second kappa shape index (κ2) is 7.47. The minimum Gasteiger partial charge on any atom is -0.494 e. The normalized spacial score (nSPS) is 18.4. The number of amides is 2. The molecule has 21 heavy (non-hydrogen) atoms. The third-order valence-corrected chi connectivity index (χ3v) is 4.43. The van der Waals surface area contributed by atoms with Gasteiger partial charge in [-0.15, -0.1) is 11.8 Å². The maximum atomic E-state index is 12.3. The average Bonchev–Trinajstić information content (AvgIpc) is 2.78. The molecule has 1 aliphatic rings. The lowest BCUT2D eigenvalue weighted by atomic mass is 10.3. The molecule has 0 spiro atoms. The van der Waals surface area contributed by atoms with Crippen LogP contribution < -0.4 is 15.4 Å².